The molecule has 0 saturated carbocycles. The normalized spacial score (nSPS) is 11.2. The van der Waals surface area contributed by atoms with Gasteiger partial charge >= 0.3 is 12.1 Å². The van der Waals surface area contributed by atoms with Gasteiger partial charge in [-0.15, -0.1) is 0 Å². The van der Waals surface area contributed by atoms with Crippen molar-refractivity contribution in [2.24, 2.45) is 0 Å². The lowest BCUT2D eigenvalue weighted by Crippen LogP contribution is -2.27. The Morgan fingerprint density at radius 3 is 2.40 bits per heavy atom. The van der Waals surface area contributed by atoms with Gasteiger partial charge in [-0.1, -0.05) is 36.4 Å². The number of carbonyl (C=O) groups is 1. The van der Waals surface area contributed by atoms with Crippen LogP contribution in [-0.4, -0.2) is 22.4 Å². The van der Waals surface area contributed by atoms with Crippen LogP contribution in [0.4, 0.5) is 13.2 Å². The van der Waals surface area contributed by atoms with Gasteiger partial charge in [0.1, 0.15) is 19.0 Å². The number of para-hydroxylation sites is 1. The molecule has 3 rings (SSSR count). The Kier molecular flexibility index (Phi) is 6.51. The predicted octanol–water partition coefficient (Wildman–Crippen LogP) is 3.70. The number of alkyl halides is 3. The molecule has 0 spiro atoms. The first kappa shape index (κ1) is 21.1. The SMILES string of the molecule is O=C(OCc1ccccc1C(F)(F)F)c1ccc(=O)n(CCOc2ccccc2)n1. The van der Waals surface area contributed by atoms with Gasteiger partial charge in [0.05, 0.1) is 12.1 Å². The van der Waals surface area contributed by atoms with E-state index < -0.39 is 29.9 Å². The molecule has 0 saturated heterocycles. The lowest BCUT2D eigenvalue weighted by atomic mass is 10.1. The second kappa shape index (κ2) is 9.25. The van der Waals surface area contributed by atoms with Crippen molar-refractivity contribution in [2.45, 2.75) is 19.3 Å². The molecule has 156 valence electrons. The molecule has 0 aliphatic heterocycles. The van der Waals surface area contributed by atoms with E-state index in [9.17, 15) is 22.8 Å². The summed E-state index contributed by atoms with van der Waals surface area (Å²) in [4.78, 5) is 24.2. The summed E-state index contributed by atoms with van der Waals surface area (Å²) in [6.07, 6.45) is -4.56. The van der Waals surface area contributed by atoms with Crippen molar-refractivity contribution in [2.75, 3.05) is 6.61 Å². The fraction of sp³-hybridized carbons (Fsp3) is 0.190. The van der Waals surface area contributed by atoms with Gasteiger partial charge in [-0.3, -0.25) is 4.79 Å². The third kappa shape index (κ3) is 5.47. The average Bonchev–Trinajstić information content (AvgIpc) is 2.73. The molecule has 0 unspecified atom stereocenters. The zero-order chi connectivity index (χ0) is 21.6. The van der Waals surface area contributed by atoms with Crippen molar-refractivity contribution < 1.29 is 27.4 Å². The number of aromatic nitrogens is 2. The van der Waals surface area contributed by atoms with Gasteiger partial charge in [0.25, 0.3) is 5.56 Å². The van der Waals surface area contributed by atoms with Gasteiger partial charge in [-0.2, -0.15) is 18.3 Å². The van der Waals surface area contributed by atoms with E-state index in [1.54, 1.807) is 24.3 Å². The molecule has 0 fully saturated rings. The quantitative estimate of drug-likeness (QED) is 0.548. The van der Waals surface area contributed by atoms with Gasteiger partial charge in [0, 0.05) is 11.6 Å². The highest BCUT2D eigenvalue weighted by Gasteiger charge is 2.33. The molecule has 3 aromatic rings. The Hall–Kier alpha value is -3.62. The summed E-state index contributed by atoms with van der Waals surface area (Å²) in [5.74, 6) is -0.325. The summed E-state index contributed by atoms with van der Waals surface area (Å²) in [6, 6.07) is 16.0. The van der Waals surface area contributed by atoms with Crippen LogP contribution in [0, 0.1) is 0 Å². The number of carbonyl (C=O) groups excluding carboxylic acids is 1. The maximum absolute atomic E-state index is 13.0. The van der Waals surface area contributed by atoms with Crippen molar-refractivity contribution in [3.8, 4) is 5.75 Å². The number of nitrogens with zero attached hydrogens (tertiary/aromatic N) is 2. The predicted molar refractivity (Wildman–Crippen MR) is 101 cm³/mol. The molecule has 9 heteroatoms. The first-order chi connectivity index (χ1) is 14.3. The van der Waals surface area contributed by atoms with Crippen LogP contribution in [0.2, 0.25) is 0 Å². The monoisotopic (exact) mass is 418 g/mol. The number of ether oxygens (including phenoxy) is 2. The van der Waals surface area contributed by atoms with Gasteiger partial charge in [0.15, 0.2) is 5.69 Å². The number of hydrogen-bond donors (Lipinski definition) is 0. The van der Waals surface area contributed by atoms with Gasteiger partial charge < -0.3 is 9.47 Å². The molecule has 0 bridgehead atoms. The minimum Gasteiger partial charge on any atom is -0.492 e. The molecular weight excluding hydrogens is 401 g/mol. The fourth-order valence-corrected chi connectivity index (χ4v) is 2.62. The maximum Gasteiger partial charge on any atom is 0.416 e. The van der Waals surface area contributed by atoms with Gasteiger partial charge in [0.2, 0.25) is 0 Å². The van der Waals surface area contributed by atoms with Crippen LogP contribution < -0.4 is 10.3 Å². The third-order valence-corrected chi connectivity index (χ3v) is 4.07. The Balaban J connectivity index is 1.64. The highest BCUT2D eigenvalue weighted by atomic mass is 19.4. The minimum absolute atomic E-state index is 0.0752. The molecule has 6 nitrogen and oxygen atoms in total. The van der Waals surface area contributed by atoms with Crippen LogP contribution in [0.15, 0.2) is 71.5 Å². The van der Waals surface area contributed by atoms with E-state index in [1.165, 1.54) is 18.2 Å². The largest absolute Gasteiger partial charge is 0.492 e. The fourth-order valence-electron chi connectivity index (χ4n) is 2.62. The second-order valence-corrected chi connectivity index (χ2v) is 6.17. The van der Waals surface area contributed by atoms with Crippen molar-refractivity contribution in [1.82, 2.24) is 9.78 Å². The van der Waals surface area contributed by atoms with Crippen LogP contribution >= 0.6 is 0 Å². The molecule has 0 N–H and O–H groups in total. The molecule has 30 heavy (non-hydrogen) atoms. The standard InChI is InChI=1S/C21H17F3N2O4/c22-21(23,24)17-9-5-4-6-15(17)14-30-20(28)18-10-11-19(27)26(25-18)12-13-29-16-7-2-1-3-8-16/h1-11H,12-14H2. The van der Waals surface area contributed by atoms with E-state index in [0.29, 0.717) is 5.75 Å². The molecule has 0 aliphatic rings. The highest BCUT2D eigenvalue weighted by Crippen LogP contribution is 2.32. The van der Waals surface area contributed by atoms with E-state index in [2.05, 4.69) is 5.10 Å². The number of hydrogen-bond acceptors (Lipinski definition) is 5. The van der Waals surface area contributed by atoms with E-state index in [-0.39, 0.29) is 24.4 Å². The minimum atomic E-state index is -4.56. The number of halogens is 3. The van der Waals surface area contributed by atoms with Crippen LogP contribution in [0.1, 0.15) is 21.6 Å². The van der Waals surface area contributed by atoms with Crippen LogP contribution in [0.5, 0.6) is 5.75 Å². The Bertz CT molecular complexity index is 1070. The van der Waals surface area contributed by atoms with E-state index >= 15 is 0 Å². The van der Waals surface area contributed by atoms with E-state index in [1.807, 2.05) is 6.07 Å². The Morgan fingerprint density at radius 1 is 0.967 bits per heavy atom. The first-order valence-corrected chi connectivity index (χ1v) is 8.93. The lowest BCUT2D eigenvalue weighted by Gasteiger charge is -2.13. The van der Waals surface area contributed by atoms with Crippen molar-refractivity contribution in [3.63, 3.8) is 0 Å². The molecule has 1 aromatic heterocycles. The molecule has 0 radical (unpaired) electrons. The van der Waals surface area contributed by atoms with Gasteiger partial charge in [-0.25, -0.2) is 9.48 Å². The molecular formula is C21H17F3N2O4. The van der Waals surface area contributed by atoms with Crippen LogP contribution in [-0.2, 0) is 24.1 Å². The second-order valence-electron chi connectivity index (χ2n) is 6.17. The van der Waals surface area contributed by atoms with Crippen molar-refractivity contribution in [3.05, 3.63) is 93.9 Å². The van der Waals surface area contributed by atoms with Crippen molar-refractivity contribution in [1.29, 1.82) is 0 Å². The average molecular weight is 418 g/mol. The summed E-state index contributed by atoms with van der Waals surface area (Å²) >= 11 is 0. The van der Waals surface area contributed by atoms with E-state index in [4.69, 9.17) is 9.47 Å². The Morgan fingerprint density at radius 2 is 1.67 bits per heavy atom. The third-order valence-electron chi connectivity index (χ3n) is 4.07. The number of benzene rings is 2. The number of esters is 1. The lowest BCUT2D eigenvalue weighted by molar-refractivity contribution is -0.138. The zero-order valence-electron chi connectivity index (χ0n) is 15.6. The van der Waals surface area contributed by atoms with E-state index in [0.717, 1.165) is 22.9 Å². The topological polar surface area (TPSA) is 70.4 Å². The highest BCUT2D eigenvalue weighted by molar-refractivity contribution is 5.86. The summed E-state index contributed by atoms with van der Waals surface area (Å²) in [5.41, 5.74) is -1.71. The first-order valence-electron chi connectivity index (χ1n) is 8.93. The smallest absolute Gasteiger partial charge is 0.416 e. The van der Waals surface area contributed by atoms with Crippen LogP contribution in [0.25, 0.3) is 0 Å². The summed E-state index contributed by atoms with van der Waals surface area (Å²) < 4.78 is 50.6. The summed E-state index contributed by atoms with van der Waals surface area (Å²) in [6.45, 7) is -0.368. The molecule has 1 heterocycles. The summed E-state index contributed by atoms with van der Waals surface area (Å²) in [7, 11) is 0. The molecule has 2 aromatic carbocycles. The summed E-state index contributed by atoms with van der Waals surface area (Å²) in [5, 5.41) is 3.91. The maximum atomic E-state index is 13.0. The molecule has 0 atom stereocenters. The zero-order valence-corrected chi connectivity index (χ0v) is 15.6. The van der Waals surface area contributed by atoms with Crippen molar-refractivity contribution >= 4 is 5.97 Å². The van der Waals surface area contributed by atoms with Gasteiger partial charge in [-0.05, 0) is 24.3 Å². The Labute approximate surface area is 169 Å². The van der Waals surface area contributed by atoms with Crippen LogP contribution in [0.3, 0.4) is 0 Å². The number of rotatable bonds is 7. The molecule has 0 amide bonds. The molecule has 0 aliphatic carbocycles.